The van der Waals surface area contributed by atoms with Crippen molar-refractivity contribution in [3.05, 3.63) is 54.6 Å². The molecule has 160 valence electrons. The molecule has 8 heteroatoms. The molecule has 0 bridgehead atoms. The van der Waals surface area contributed by atoms with Gasteiger partial charge in [0.1, 0.15) is 12.3 Å². The number of carbonyl (C=O) groups is 1. The van der Waals surface area contributed by atoms with E-state index in [1.54, 1.807) is 28.8 Å². The van der Waals surface area contributed by atoms with Crippen LogP contribution in [-0.4, -0.2) is 42.8 Å². The number of furan rings is 1. The van der Waals surface area contributed by atoms with Crippen molar-refractivity contribution in [3.63, 3.8) is 0 Å². The standard InChI is InChI=1S/C22H27N3O4S/c26-22(23-11-9-19-6-5-15-29-19)17-24-14-10-18-16-20(7-8-21(18)24)30(27,28)25-12-3-1-2-4-13-25/h5-8,10,14-16H,1-4,9,11-13,17H2,(H,23,26). The Balaban J connectivity index is 1.43. The molecule has 1 saturated heterocycles. The zero-order chi connectivity index (χ0) is 21.0. The van der Waals surface area contributed by atoms with Gasteiger partial charge in [-0.05, 0) is 49.2 Å². The largest absolute Gasteiger partial charge is 0.469 e. The second kappa shape index (κ2) is 9.06. The average molecular weight is 430 g/mol. The minimum absolute atomic E-state index is 0.0969. The van der Waals surface area contributed by atoms with Gasteiger partial charge in [0.05, 0.1) is 11.2 Å². The maximum atomic E-state index is 13.0. The summed E-state index contributed by atoms with van der Waals surface area (Å²) in [6.07, 6.45) is 8.06. The van der Waals surface area contributed by atoms with E-state index in [1.807, 2.05) is 29.0 Å². The summed E-state index contributed by atoms with van der Waals surface area (Å²) in [6.45, 7) is 1.85. The molecule has 0 unspecified atom stereocenters. The zero-order valence-electron chi connectivity index (χ0n) is 16.9. The molecular weight excluding hydrogens is 402 g/mol. The van der Waals surface area contributed by atoms with E-state index in [0.717, 1.165) is 42.3 Å². The number of hydrogen-bond donors (Lipinski definition) is 1. The zero-order valence-corrected chi connectivity index (χ0v) is 17.7. The Morgan fingerprint density at radius 2 is 1.87 bits per heavy atom. The van der Waals surface area contributed by atoms with Gasteiger partial charge >= 0.3 is 0 Å². The van der Waals surface area contributed by atoms with Crippen LogP contribution in [0.5, 0.6) is 0 Å². The maximum Gasteiger partial charge on any atom is 0.243 e. The molecule has 1 amide bonds. The third kappa shape index (κ3) is 4.60. The lowest BCUT2D eigenvalue weighted by Crippen LogP contribution is -2.31. The minimum Gasteiger partial charge on any atom is -0.469 e. The Morgan fingerprint density at radius 1 is 1.07 bits per heavy atom. The predicted molar refractivity (Wildman–Crippen MR) is 115 cm³/mol. The molecule has 1 fully saturated rings. The molecule has 1 aliphatic rings. The topological polar surface area (TPSA) is 84.5 Å². The molecule has 3 aromatic rings. The van der Waals surface area contributed by atoms with Gasteiger partial charge in [0.2, 0.25) is 15.9 Å². The number of nitrogens with one attached hydrogen (secondary N) is 1. The third-order valence-corrected chi connectivity index (χ3v) is 7.43. The molecule has 0 radical (unpaired) electrons. The molecule has 1 aliphatic heterocycles. The molecular formula is C22H27N3O4S. The van der Waals surface area contributed by atoms with Crippen molar-refractivity contribution in [3.8, 4) is 0 Å². The van der Waals surface area contributed by atoms with E-state index in [9.17, 15) is 13.2 Å². The SMILES string of the molecule is O=C(Cn1ccc2cc(S(=O)(=O)N3CCCCCC3)ccc21)NCCc1ccco1. The van der Waals surface area contributed by atoms with Crippen molar-refractivity contribution in [1.29, 1.82) is 0 Å². The molecule has 30 heavy (non-hydrogen) atoms. The summed E-state index contributed by atoms with van der Waals surface area (Å²) in [5.41, 5.74) is 0.839. The smallest absolute Gasteiger partial charge is 0.243 e. The van der Waals surface area contributed by atoms with E-state index in [4.69, 9.17) is 4.42 Å². The van der Waals surface area contributed by atoms with Crippen LogP contribution in [-0.2, 0) is 27.8 Å². The highest BCUT2D eigenvalue weighted by Gasteiger charge is 2.25. The molecule has 4 rings (SSSR count). The first-order valence-corrected chi connectivity index (χ1v) is 11.9. The van der Waals surface area contributed by atoms with E-state index in [0.29, 0.717) is 31.0 Å². The van der Waals surface area contributed by atoms with Crippen LogP contribution >= 0.6 is 0 Å². The fraction of sp³-hybridized carbons (Fsp3) is 0.409. The van der Waals surface area contributed by atoms with E-state index in [1.165, 1.54) is 0 Å². The first-order valence-electron chi connectivity index (χ1n) is 10.4. The summed E-state index contributed by atoms with van der Waals surface area (Å²) in [5, 5.41) is 3.70. The Bertz CT molecular complexity index is 1090. The fourth-order valence-corrected chi connectivity index (χ4v) is 5.45. The van der Waals surface area contributed by atoms with Crippen LogP contribution in [0.25, 0.3) is 10.9 Å². The van der Waals surface area contributed by atoms with E-state index >= 15 is 0 Å². The van der Waals surface area contributed by atoms with Crippen LogP contribution in [0.3, 0.4) is 0 Å². The van der Waals surface area contributed by atoms with Gasteiger partial charge in [0.15, 0.2) is 0 Å². The number of rotatable bonds is 7. The number of amides is 1. The highest BCUT2D eigenvalue weighted by atomic mass is 32.2. The van der Waals surface area contributed by atoms with Gasteiger partial charge in [-0.3, -0.25) is 4.79 Å². The molecule has 0 atom stereocenters. The first kappa shape index (κ1) is 20.7. The number of benzene rings is 1. The monoisotopic (exact) mass is 429 g/mol. The Morgan fingerprint density at radius 3 is 2.60 bits per heavy atom. The minimum atomic E-state index is -3.49. The van der Waals surface area contributed by atoms with Gasteiger partial charge in [-0.2, -0.15) is 4.31 Å². The number of fused-ring (bicyclic) bond motifs is 1. The Kier molecular flexibility index (Phi) is 6.24. The number of nitrogens with zero attached hydrogens (tertiary/aromatic N) is 2. The molecule has 2 aromatic heterocycles. The van der Waals surface area contributed by atoms with Gasteiger partial charge in [0, 0.05) is 43.2 Å². The lowest BCUT2D eigenvalue weighted by atomic mass is 10.2. The summed E-state index contributed by atoms with van der Waals surface area (Å²) in [4.78, 5) is 12.6. The number of aromatic nitrogens is 1. The Labute approximate surface area is 176 Å². The van der Waals surface area contributed by atoms with Gasteiger partial charge in [-0.1, -0.05) is 12.8 Å². The number of carbonyl (C=O) groups excluding carboxylic acids is 1. The Hall–Kier alpha value is -2.58. The van der Waals surface area contributed by atoms with Gasteiger partial charge in [0.25, 0.3) is 0 Å². The van der Waals surface area contributed by atoms with E-state index in [2.05, 4.69) is 5.32 Å². The van der Waals surface area contributed by atoms with Crippen molar-refractivity contribution in [2.24, 2.45) is 0 Å². The predicted octanol–water partition coefficient (Wildman–Crippen LogP) is 3.16. The molecule has 1 N–H and O–H groups in total. The summed E-state index contributed by atoms with van der Waals surface area (Å²) in [6, 6.07) is 10.7. The number of sulfonamides is 1. The summed E-state index contributed by atoms with van der Waals surface area (Å²) >= 11 is 0. The molecule has 0 aliphatic carbocycles. The summed E-state index contributed by atoms with van der Waals surface area (Å²) in [5.74, 6) is 0.736. The van der Waals surface area contributed by atoms with Gasteiger partial charge < -0.3 is 14.3 Å². The average Bonchev–Trinajstić information content (AvgIpc) is 3.29. The van der Waals surface area contributed by atoms with Gasteiger partial charge in [-0.15, -0.1) is 0 Å². The van der Waals surface area contributed by atoms with Crippen LogP contribution in [0, 0.1) is 0 Å². The normalized spacial score (nSPS) is 15.9. The van der Waals surface area contributed by atoms with Crippen LogP contribution in [0.4, 0.5) is 0 Å². The van der Waals surface area contributed by atoms with Crippen molar-refractivity contribution in [2.45, 2.75) is 43.5 Å². The highest BCUT2D eigenvalue weighted by Crippen LogP contribution is 2.25. The molecule has 3 heterocycles. The van der Waals surface area contributed by atoms with Crippen molar-refractivity contribution in [1.82, 2.24) is 14.2 Å². The molecule has 0 saturated carbocycles. The number of hydrogen-bond acceptors (Lipinski definition) is 4. The lowest BCUT2D eigenvalue weighted by Gasteiger charge is -2.20. The van der Waals surface area contributed by atoms with E-state index < -0.39 is 10.0 Å². The third-order valence-electron chi connectivity index (χ3n) is 5.53. The van der Waals surface area contributed by atoms with Crippen LogP contribution < -0.4 is 5.32 Å². The quantitative estimate of drug-likeness (QED) is 0.625. The van der Waals surface area contributed by atoms with Crippen molar-refractivity contribution < 1.29 is 17.6 Å². The van der Waals surface area contributed by atoms with Crippen molar-refractivity contribution in [2.75, 3.05) is 19.6 Å². The summed E-state index contributed by atoms with van der Waals surface area (Å²) in [7, 11) is -3.49. The highest BCUT2D eigenvalue weighted by molar-refractivity contribution is 7.89. The first-order chi connectivity index (χ1) is 14.5. The maximum absolute atomic E-state index is 13.0. The fourth-order valence-electron chi connectivity index (χ4n) is 3.90. The molecule has 1 aromatic carbocycles. The molecule has 7 nitrogen and oxygen atoms in total. The van der Waals surface area contributed by atoms with Crippen LogP contribution in [0.1, 0.15) is 31.4 Å². The second-order valence-corrected chi connectivity index (χ2v) is 9.60. The summed E-state index contributed by atoms with van der Waals surface area (Å²) < 4.78 is 34.8. The van der Waals surface area contributed by atoms with Crippen LogP contribution in [0.15, 0.2) is 58.2 Å². The van der Waals surface area contributed by atoms with Gasteiger partial charge in [-0.25, -0.2) is 8.42 Å². The second-order valence-electron chi connectivity index (χ2n) is 7.66. The molecule has 0 spiro atoms. The van der Waals surface area contributed by atoms with Crippen molar-refractivity contribution >= 4 is 26.8 Å². The lowest BCUT2D eigenvalue weighted by molar-refractivity contribution is -0.121. The van der Waals surface area contributed by atoms with Crippen LogP contribution in [0.2, 0.25) is 0 Å². The van der Waals surface area contributed by atoms with E-state index in [-0.39, 0.29) is 12.5 Å².